The Hall–Kier alpha value is -1.67. The van der Waals surface area contributed by atoms with Gasteiger partial charge >= 0.3 is 0 Å². The third-order valence-electron chi connectivity index (χ3n) is 3.49. The maximum Gasteiger partial charge on any atom is 0.123 e. The van der Waals surface area contributed by atoms with Crippen molar-refractivity contribution in [2.24, 2.45) is 5.92 Å². The Morgan fingerprint density at radius 1 is 1.05 bits per heavy atom. The summed E-state index contributed by atoms with van der Waals surface area (Å²) in [4.78, 5) is 0. The molecule has 2 rings (SSSR count). The average molecular weight is 257 g/mol. The van der Waals surface area contributed by atoms with E-state index in [0.717, 1.165) is 12.0 Å². The van der Waals surface area contributed by atoms with E-state index < -0.39 is 0 Å². The molecule has 0 saturated carbocycles. The fraction of sp³-hybridized carbons (Fsp3) is 0.294. The quantitative estimate of drug-likeness (QED) is 0.854. The molecule has 0 aromatic heterocycles. The molecule has 0 saturated heterocycles. The fourth-order valence-electron chi connectivity index (χ4n) is 2.59. The van der Waals surface area contributed by atoms with Gasteiger partial charge in [0.1, 0.15) is 5.82 Å². The Balaban J connectivity index is 2.11. The van der Waals surface area contributed by atoms with E-state index >= 15 is 0 Å². The highest BCUT2D eigenvalue weighted by Gasteiger charge is 2.17. The molecule has 0 aliphatic rings. The standard InChI is InChI=1S/C17H20FN/c1-13(11-14-7-6-10-16(18)12-14)17(19-2)15-8-4-3-5-9-15/h3-10,12-13,17,19H,11H2,1-2H3. The predicted octanol–water partition coefficient (Wildman–Crippen LogP) is 3.97. The molecule has 2 heteroatoms. The van der Waals surface area contributed by atoms with Crippen LogP contribution in [0.5, 0.6) is 0 Å². The second-order valence-electron chi connectivity index (χ2n) is 4.99. The van der Waals surface area contributed by atoms with Gasteiger partial charge in [-0.3, -0.25) is 0 Å². The molecular weight excluding hydrogens is 237 g/mol. The maximum atomic E-state index is 13.2. The van der Waals surface area contributed by atoms with Crippen LogP contribution in [-0.2, 0) is 6.42 Å². The van der Waals surface area contributed by atoms with Gasteiger partial charge < -0.3 is 5.32 Å². The van der Waals surface area contributed by atoms with Crippen molar-refractivity contribution in [1.29, 1.82) is 0 Å². The zero-order valence-corrected chi connectivity index (χ0v) is 11.4. The predicted molar refractivity (Wildman–Crippen MR) is 77.5 cm³/mol. The van der Waals surface area contributed by atoms with Crippen LogP contribution in [-0.4, -0.2) is 7.05 Å². The molecule has 1 N–H and O–H groups in total. The molecule has 2 aromatic carbocycles. The van der Waals surface area contributed by atoms with Gasteiger partial charge in [0.05, 0.1) is 0 Å². The molecule has 2 atom stereocenters. The van der Waals surface area contributed by atoms with Gasteiger partial charge in [-0.1, -0.05) is 49.4 Å². The largest absolute Gasteiger partial charge is 0.313 e. The fourth-order valence-corrected chi connectivity index (χ4v) is 2.59. The molecule has 0 spiro atoms. The summed E-state index contributed by atoms with van der Waals surface area (Å²) in [6.07, 6.45) is 0.859. The van der Waals surface area contributed by atoms with Crippen LogP contribution in [0, 0.1) is 11.7 Å². The van der Waals surface area contributed by atoms with Crippen molar-refractivity contribution >= 4 is 0 Å². The van der Waals surface area contributed by atoms with E-state index in [1.165, 1.54) is 11.6 Å². The van der Waals surface area contributed by atoms with Gasteiger partial charge in [-0.15, -0.1) is 0 Å². The summed E-state index contributed by atoms with van der Waals surface area (Å²) in [5.41, 5.74) is 2.32. The van der Waals surface area contributed by atoms with Crippen molar-refractivity contribution in [1.82, 2.24) is 5.32 Å². The van der Waals surface area contributed by atoms with Gasteiger partial charge in [0.15, 0.2) is 0 Å². The average Bonchev–Trinajstić information content (AvgIpc) is 2.41. The topological polar surface area (TPSA) is 12.0 Å². The van der Waals surface area contributed by atoms with Gasteiger partial charge in [-0.05, 0) is 42.6 Å². The van der Waals surface area contributed by atoms with E-state index in [1.54, 1.807) is 12.1 Å². The van der Waals surface area contributed by atoms with Crippen molar-refractivity contribution in [2.45, 2.75) is 19.4 Å². The zero-order chi connectivity index (χ0) is 13.7. The van der Waals surface area contributed by atoms with E-state index in [0.29, 0.717) is 5.92 Å². The first-order valence-corrected chi connectivity index (χ1v) is 6.67. The summed E-state index contributed by atoms with van der Waals surface area (Å²) < 4.78 is 13.2. The van der Waals surface area contributed by atoms with Crippen molar-refractivity contribution in [2.75, 3.05) is 7.05 Å². The summed E-state index contributed by atoms with van der Waals surface area (Å²) in [6, 6.07) is 17.5. The molecule has 0 bridgehead atoms. The second kappa shape index (κ2) is 6.48. The summed E-state index contributed by atoms with van der Waals surface area (Å²) in [6.45, 7) is 2.19. The van der Waals surface area contributed by atoms with Gasteiger partial charge in [-0.2, -0.15) is 0 Å². The Labute approximate surface area is 114 Å². The highest BCUT2D eigenvalue weighted by atomic mass is 19.1. The van der Waals surface area contributed by atoms with E-state index in [9.17, 15) is 4.39 Å². The van der Waals surface area contributed by atoms with Gasteiger partial charge in [0, 0.05) is 6.04 Å². The lowest BCUT2D eigenvalue weighted by molar-refractivity contribution is 0.408. The lowest BCUT2D eigenvalue weighted by atomic mass is 9.89. The first-order valence-electron chi connectivity index (χ1n) is 6.67. The Bertz CT molecular complexity index is 510. The van der Waals surface area contributed by atoms with E-state index in [4.69, 9.17) is 0 Å². The number of halogens is 1. The van der Waals surface area contributed by atoms with Crippen LogP contribution in [0.3, 0.4) is 0 Å². The highest BCUT2D eigenvalue weighted by molar-refractivity contribution is 5.22. The second-order valence-corrected chi connectivity index (χ2v) is 4.99. The molecule has 0 aliphatic carbocycles. The van der Waals surface area contributed by atoms with Crippen LogP contribution in [0.15, 0.2) is 54.6 Å². The Kier molecular flexibility index (Phi) is 4.69. The number of nitrogens with one attached hydrogen (secondary N) is 1. The van der Waals surface area contributed by atoms with Crippen LogP contribution in [0.4, 0.5) is 4.39 Å². The molecule has 19 heavy (non-hydrogen) atoms. The number of rotatable bonds is 5. The summed E-state index contributed by atoms with van der Waals surface area (Å²) >= 11 is 0. The third kappa shape index (κ3) is 3.65. The van der Waals surface area contributed by atoms with Crippen molar-refractivity contribution in [3.05, 3.63) is 71.5 Å². The minimum atomic E-state index is -0.162. The van der Waals surface area contributed by atoms with Gasteiger partial charge in [-0.25, -0.2) is 4.39 Å². The number of hydrogen-bond acceptors (Lipinski definition) is 1. The first kappa shape index (κ1) is 13.8. The molecule has 0 fully saturated rings. The van der Waals surface area contributed by atoms with Crippen molar-refractivity contribution in [3.63, 3.8) is 0 Å². The van der Waals surface area contributed by atoms with Gasteiger partial charge in [0.2, 0.25) is 0 Å². The monoisotopic (exact) mass is 257 g/mol. The van der Waals surface area contributed by atoms with Crippen LogP contribution < -0.4 is 5.32 Å². The van der Waals surface area contributed by atoms with Crippen molar-refractivity contribution in [3.8, 4) is 0 Å². The smallest absolute Gasteiger partial charge is 0.123 e. The third-order valence-corrected chi connectivity index (χ3v) is 3.49. The SMILES string of the molecule is CNC(c1ccccc1)C(C)Cc1cccc(F)c1. The summed E-state index contributed by atoms with van der Waals surface area (Å²) in [7, 11) is 1.97. The minimum Gasteiger partial charge on any atom is -0.313 e. The lowest BCUT2D eigenvalue weighted by Gasteiger charge is -2.24. The van der Waals surface area contributed by atoms with Crippen LogP contribution >= 0.6 is 0 Å². The number of hydrogen-bond donors (Lipinski definition) is 1. The normalized spacial score (nSPS) is 14.1. The van der Waals surface area contributed by atoms with E-state index in [-0.39, 0.29) is 11.9 Å². The molecule has 2 unspecified atom stereocenters. The van der Waals surface area contributed by atoms with Crippen molar-refractivity contribution < 1.29 is 4.39 Å². The molecule has 2 aromatic rings. The first-order chi connectivity index (χ1) is 9.20. The Morgan fingerprint density at radius 3 is 2.42 bits per heavy atom. The minimum absolute atomic E-state index is 0.162. The highest BCUT2D eigenvalue weighted by Crippen LogP contribution is 2.24. The Morgan fingerprint density at radius 2 is 1.79 bits per heavy atom. The molecule has 1 nitrogen and oxygen atoms in total. The zero-order valence-electron chi connectivity index (χ0n) is 11.4. The van der Waals surface area contributed by atoms with Crippen LogP contribution in [0.25, 0.3) is 0 Å². The molecular formula is C17H20FN. The summed E-state index contributed by atoms with van der Waals surface area (Å²) in [5.74, 6) is 0.236. The maximum absolute atomic E-state index is 13.2. The van der Waals surface area contributed by atoms with Gasteiger partial charge in [0.25, 0.3) is 0 Å². The lowest BCUT2D eigenvalue weighted by Crippen LogP contribution is -2.24. The molecule has 0 heterocycles. The van der Waals surface area contributed by atoms with E-state index in [1.807, 2.05) is 19.2 Å². The van der Waals surface area contributed by atoms with Crippen LogP contribution in [0.2, 0.25) is 0 Å². The molecule has 0 radical (unpaired) electrons. The van der Waals surface area contributed by atoms with E-state index in [2.05, 4.69) is 36.5 Å². The molecule has 0 aliphatic heterocycles. The van der Waals surface area contributed by atoms with Crippen LogP contribution in [0.1, 0.15) is 24.1 Å². The summed E-state index contributed by atoms with van der Waals surface area (Å²) in [5, 5.41) is 3.36. The molecule has 100 valence electrons. The molecule has 0 amide bonds. The number of benzene rings is 2.